The van der Waals surface area contributed by atoms with Crippen LogP contribution in [-0.4, -0.2) is 43.6 Å². The van der Waals surface area contributed by atoms with Crippen LogP contribution >= 0.6 is 0 Å². The van der Waals surface area contributed by atoms with E-state index in [1.807, 2.05) is 0 Å². The van der Waals surface area contributed by atoms with Gasteiger partial charge in [0.05, 0.1) is 12.4 Å². The second-order valence-corrected chi connectivity index (χ2v) is 4.25. The van der Waals surface area contributed by atoms with Gasteiger partial charge in [0.25, 0.3) is 0 Å². The van der Waals surface area contributed by atoms with Crippen molar-refractivity contribution in [1.29, 1.82) is 5.41 Å². The van der Waals surface area contributed by atoms with E-state index in [9.17, 15) is 0 Å². The van der Waals surface area contributed by atoms with Crippen molar-refractivity contribution >= 4 is 5.84 Å². The van der Waals surface area contributed by atoms with Crippen LogP contribution in [0, 0.1) is 11.3 Å². The van der Waals surface area contributed by atoms with E-state index in [2.05, 4.69) is 18.9 Å². The lowest BCUT2D eigenvalue weighted by atomic mass is 10.1. The summed E-state index contributed by atoms with van der Waals surface area (Å²) in [6.45, 7) is 4.95. The first-order chi connectivity index (χ1) is 6.59. The van der Waals surface area contributed by atoms with Crippen molar-refractivity contribution in [2.75, 3.05) is 26.8 Å². The lowest BCUT2D eigenvalue weighted by Crippen LogP contribution is -2.36. The molecule has 4 nitrogen and oxygen atoms in total. The third kappa shape index (κ3) is 3.64. The van der Waals surface area contributed by atoms with Crippen LogP contribution in [0.5, 0.6) is 0 Å². The van der Waals surface area contributed by atoms with Crippen LogP contribution in [0.4, 0.5) is 0 Å². The van der Waals surface area contributed by atoms with Crippen LogP contribution in [-0.2, 0) is 4.74 Å². The van der Waals surface area contributed by atoms with Crippen molar-refractivity contribution in [3.8, 4) is 0 Å². The molecule has 0 saturated carbocycles. The summed E-state index contributed by atoms with van der Waals surface area (Å²) in [5.41, 5.74) is 5.37. The molecule has 0 radical (unpaired) electrons. The Morgan fingerprint density at radius 1 is 1.71 bits per heavy atom. The Balaban J connectivity index is 2.25. The van der Waals surface area contributed by atoms with Crippen LogP contribution in [0.2, 0.25) is 0 Å². The van der Waals surface area contributed by atoms with Crippen molar-refractivity contribution in [3.05, 3.63) is 0 Å². The quantitative estimate of drug-likeness (QED) is 0.505. The molecule has 2 unspecified atom stereocenters. The molecule has 4 heteroatoms. The zero-order chi connectivity index (χ0) is 10.6. The molecule has 0 spiro atoms. The van der Waals surface area contributed by atoms with Gasteiger partial charge >= 0.3 is 0 Å². The van der Waals surface area contributed by atoms with E-state index in [4.69, 9.17) is 15.9 Å². The van der Waals surface area contributed by atoms with Crippen molar-refractivity contribution in [1.82, 2.24) is 4.90 Å². The molecule has 1 saturated heterocycles. The number of hydrogen-bond donors (Lipinski definition) is 2. The van der Waals surface area contributed by atoms with E-state index >= 15 is 0 Å². The molecule has 0 bridgehead atoms. The number of nitrogens with two attached hydrogens (primary N) is 1. The Labute approximate surface area is 85.9 Å². The van der Waals surface area contributed by atoms with Crippen molar-refractivity contribution in [2.45, 2.75) is 25.8 Å². The van der Waals surface area contributed by atoms with Crippen molar-refractivity contribution in [3.63, 3.8) is 0 Å². The summed E-state index contributed by atoms with van der Waals surface area (Å²) in [6, 6.07) is 0.355. The van der Waals surface area contributed by atoms with Crippen LogP contribution in [0.1, 0.15) is 19.8 Å². The SMILES string of the molecule is CC(CC(=N)N)N(C)CC1CCOC1. The summed E-state index contributed by atoms with van der Waals surface area (Å²) in [4.78, 5) is 2.26. The lowest BCUT2D eigenvalue weighted by Gasteiger charge is -2.26. The highest BCUT2D eigenvalue weighted by molar-refractivity contribution is 5.77. The lowest BCUT2D eigenvalue weighted by molar-refractivity contribution is 0.164. The third-order valence-electron chi connectivity index (χ3n) is 2.84. The van der Waals surface area contributed by atoms with Gasteiger partial charge in [-0.1, -0.05) is 0 Å². The minimum Gasteiger partial charge on any atom is -0.388 e. The summed E-state index contributed by atoms with van der Waals surface area (Å²) in [7, 11) is 2.09. The predicted molar refractivity (Wildman–Crippen MR) is 57.5 cm³/mol. The van der Waals surface area contributed by atoms with Gasteiger partial charge in [-0.3, -0.25) is 5.41 Å². The normalized spacial score (nSPS) is 24.1. The molecule has 1 aliphatic rings. The summed E-state index contributed by atoms with van der Waals surface area (Å²) >= 11 is 0. The fourth-order valence-electron chi connectivity index (χ4n) is 1.79. The fraction of sp³-hybridized carbons (Fsp3) is 0.900. The first-order valence-electron chi connectivity index (χ1n) is 5.20. The average molecular weight is 199 g/mol. The first kappa shape index (κ1) is 11.5. The zero-order valence-electron chi connectivity index (χ0n) is 9.12. The Bertz CT molecular complexity index is 190. The summed E-state index contributed by atoms with van der Waals surface area (Å²) in [6.07, 6.45) is 1.82. The molecular formula is C10H21N3O. The van der Waals surface area contributed by atoms with Crippen LogP contribution < -0.4 is 5.73 Å². The average Bonchev–Trinajstić information content (AvgIpc) is 2.55. The van der Waals surface area contributed by atoms with Gasteiger partial charge in [-0.2, -0.15) is 0 Å². The molecule has 0 aromatic carbocycles. The predicted octanol–water partition coefficient (Wildman–Crippen LogP) is 0.669. The highest BCUT2D eigenvalue weighted by atomic mass is 16.5. The maximum Gasteiger partial charge on any atom is 0.0920 e. The van der Waals surface area contributed by atoms with Gasteiger partial charge in [-0.15, -0.1) is 0 Å². The molecule has 0 aliphatic carbocycles. The van der Waals surface area contributed by atoms with E-state index < -0.39 is 0 Å². The molecule has 1 aliphatic heterocycles. The smallest absolute Gasteiger partial charge is 0.0920 e. The Morgan fingerprint density at radius 3 is 2.93 bits per heavy atom. The third-order valence-corrected chi connectivity index (χ3v) is 2.84. The zero-order valence-corrected chi connectivity index (χ0v) is 9.12. The molecule has 2 atom stereocenters. The largest absolute Gasteiger partial charge is 0.388 e. The van der Waals surface area contributed by atoms with E-state index in [-0.39, 0.29) is 5.84 Å². The molecule has 0 aromatic heterocycles. The molecule has 1 heterocycles. The number of amidine groups is 1. The van der Waals surface area contributed by atoms with E-state index in [1.54, 1.807) is 0 Å². The van der Waals surface area contributed by atoms with Crippen LogP contribution in [0.25, 0.3) is 0 Å². The Morgan fingerprint density at radius 2 is 2.43 bits per heavy atom. The number of nitrogens with zero attached hydrogens (tertiary/aromatic N) is 1. The first-order valence-corrected chi connectivity index (χ1v) is 5.20. The van der Waals surface area contributed by atoms with Gasteiger partial charge in [0, 0.05) is 25.6 Å². The number of rotatable bonds is 5. The topological polar surface area (TPSA) is 62.3 Å². The Kier molecular flexibility index (Phi) is 4.35. The molecule has 14 heavy (non-hydrogen) atoms. The van der Waals surface area contributed by atoms with Crippen molar-refractivity contribution < 1.29 is 4.74 Å². The highest BCUT2D eigenvalue weighted by Gasteiger charge is 2.19. The molecule has 1 fully saturated rings. The van der Waals surface area contributed by atoms with Gasteiger partial charge in [0.15, 0.2) is 0 Å². The van der Waals surface area contributed by atoms with Gasteiger partial charge < -0.3 is 15.4 Å². The number of nitrogens with one attached hydrogen (secondary N) is 1. The molecule has 0 amide bonds. The highest BCUT2D eigenvalue weighted by Crippen LogP contribution is 2.14. The summed E-state index contributed by atoms with van der Waals surface area (Å²) < 4.78 is 5.33. The van der Waals surface area contributed by atoms with Gasteiger partial charge in [0.2, 0.25) is 0 Å². The van der Waals surface area contributed by atoms with Crippen molar-refractivity contribution in [2.24, 2.45) is 11.7 Å². The maximum absolute atomic E-state index is 7.23. The second kappa shape index (κ2) is 5.32. The second-order valence-electron chi connectivity index (χ2n) is 4.25. The minimum absolute atomic E-state index is 0.270. The monoisotopic (exact) mass is 199 g/mol. The van der Waals surface area contributed by atoms with Gasteiger partial charge in [0.1, 0.15) is 0 Å². The molecular weight excluding hydrogens is 178 g/mol. The van der Waals surface area contributed by atoms with Gasteiger partial charge in [-0.05, 0) is 26.3 Å². The standard InChI is InChI=1S/C10H21N3O/c1-8(5-10(11)12)13(2)6-9-3-4-14-7-9/h8-9H,3-7H2,1-2H3,(H3,11,12). The molecule has 3 N–H and O–H groups in total. The summed E-state index contributed by atoms with van der Waals surface area (Å²) in [5, 5.41) is 7.23. The van der Waals surface area contributed by atoms with E-state index in [0.29, 0.717) is 18.4 Å². The Hall–Kier alpha value is -0.610. The van der Waals surface area contributed by atoms with E-state index in [0.717, 1.165) is 26.2 Å². The number of hydrogen-bond acceptors (Lipinski definition) is 3. The maximum atomic E-state index is 7.23. The van der Waals surface area contributed by atoms with Gasteiger partial charge in [-0.25, -0.2) is 0 Å². The summed E-state index contributed by atoms with van der Waals surface area (Å²) in [5.74, 6) is 0.932. The van der Waals surface area contributed by atoms with E-state index in [1.165, 1.54) is 0 Å². The van der Waals surface area contributed by atoms with Crippen LogP contribution in [0.15, 0.2) is 0 Å². The number of ether oxygens (including phenoxy) is 1. The minimum atomic E-state index is 0.270. The molecule has 0 aromatic rings. The van der Waals surface area contributed by atoms with Crippen LogP contribution in [0.3, 0.4) is 0 Å². The molecule has 1 rings (SSSR count). The fourth-order valence-corrected chi connectivity index (χ4v) is 1.79. The molecule has 82 valence electrons.